The molecular formula is C19H20N2O2S. The van der Waals surface area contributed by atoms with E-state index in [0.717, 1.165) is 34.0 Å². The fourth-order valence-electron chi connectivity index (χ4n) is 2.42. The van der Waals surface area contributed by atoms with Gasteiger partial charge in [0.05, 0.1) is 25.1 Å². The Morgan fingerprint density at radius 3 is 2.42 bits per heavy atom. The molecule has 0 aliphatic rings. The number of ether oxygens (including phenoxy) is 2. The highest BCUT2D eigenvalue weighted by Crippen LogP contribution is 2.23. The molecule has 1 heterocycles. The molecule has 0 aliphatic heterocycles. The Morgan fingerprint density at radius 2 is 1.75 bits per heavy atom. The molecule has 3 aromatic rings. The number of hydrogen-bond acceptors (Lipinski definition) is 4. The summed E-state index contributed by atoms with van der Waals surface area (Å²) in [5.74, 6) is 0.853. The Morgan fingerprint density at radius 1 is 1.00 bits per heavy atom. The van der Waals surface area contributed by atoms with E-state index in [2.05, 4.69) is 22.1 Å². The highest BCUT2D eigenvalue weighted by atomic mass is 32.1. The van der Waals surface area contributed by atoms with Crippen molar-refractivity contribution in [2.75, 3.05) is 20.8 Å². The normalized spacial score (nSPS) is 11.7. The zero-order chi connectivity index (χ0) is 16.8. The van der Waals surface area contributed by atoms with Crippen molar-refractivity contribution in [2.45, 2.75) is 6.54 Å². The molecule has 0 aliphatic carbocycles. The average molecular weight is 340 g/mol. The number of para-hydroxylation sites is 1. The van der Waals surface area contributed by atoms with Gasteiger partial charge in [-0.05, 0) is 42.0 Å². The molecule has 3 rings (SSSR count). The van der Waals surface area contributed by atoms with Crippen LogP contribution in [0.1, 0.15) is 0 Å². The number of hydrogen-bond donors (Lipinski definition) is 0. The highest BCUT2D eigenvalue weighted by molar-refractivity contribution is 7.07. The van der Waals surface area contributed by atoms with Gasteiger partial charge < -0.3 is 14.0 Å². The predicted molar refractivity (Wildman–Crippen MR) is 97.8 cm³/mol. The van der Waals surface area contributed by atoms with Crippen LogP contribution in [0.25, 0.3) is 11.3 Å². The van der Waals surface area contributed by atoms with Gasteiger partial charge in [0.15, 0.2) is 4.80 Å². The Hall–Kier alpha value is -2.37. The van der Waals surface area contributed by atoms with Crippen molar-refractivity contribution in [3.8, 4) is 17.0 Å². The zero-order valence-corrected chi connectivity index (χ0v) is 14.6. The fraction of sp³-hybridized carbons (Fsp3) is 0.211. The number of thiazole rings is 1. The standard InChI is InChI=1S/C19H20N2O2S/c1-22-13-12-21-18(15-8-10-17(23-2)11-9-15)14-24-19(21)20-16-6-4-3-5-7-16/h3-11,14H,12-13H2,1-2H3. The fourth-order valence-corrected chi connectivity index (χ4v) is 3.38. The molecule has 0 atom stereocenters. The minimum Gasteiger partial charge on any atom is -0.497 e. The van der Waals surface area contributed by atoms with Crippen molar-refractivity contribution in [3.63, 3.8) is 0 Å². The van der Waals surface area contributed by atoms with Crippen LogP contribution >= 0.6 is 11.3 Å². The SMILES string of the molecule is COCCn1c(-c2ccc(OC)cc2)csc1=Nc1ccccc1. The van der Waals surface area contributed by atoms with E-state index in [1.807, 2.05) is 42.5 Å². The summed E-state index contributed by atoms with van der Waals surface area (Å²) in [6.45, 7) is 1.40. The van der Waals surface area contributed by atoms with Gasteiger partial charge in [0, 0.05) is 19.0 Å². The van der Waals surface area contributed by atoms with E-state index in [0.29, 0.717) is 6.61 Å². The van der Waals surface area contributed by atoms with Gasteiger partial charge in [-0.25, -0.2) is 4.99 Å². The quantitative estimate of drug-likeness (QED) is 0.677. The first-order chi connectivity index (χ1) is 11.8. The molecule has 0 N–H and O–H groups in total. The lowest BCUT2D eigenvalue weighted by molar-refractivity contribution is 0.187. The van der Waals surface area contributed by atoms with Crippen LogP contribution in [0.2, 0.25) is 0 Å². The van der Waals surface area contributed by atoms with E-state index in [1.165, 1.54) is 0 Å². The molecule has 4 nitrogen and oxygen atoms in total. The molecule has 124 valence electrons. The van der Waals surface area contributed by atoms with Crippen LogP contribution < -0.4 is 9.54 Å². The Bertz CT molecular complexity index is 836. The average Bonchev–Trinajstić information content (AvgIpc) is 3.03. The summed E-state index contributed by atoms with van der Waals surface area (Å²) in [4.78, 5) is 5.74. The molecule has 0 saturated carbocycles. The third-order valence-electron chi connectivity index (χ3n) is 3.68. The Kier molecular flexibility index (Phi) is 5.46. The van der Waals surface area contributed by atoms with E-state index < -0.39 is 0 Å². The van der Waals surface area contributed by atoms with Crippen molar-refractivity contribution in [1.29, 1.82) is 0 Å². The minimum atomic E-state index is 0.641. The van der Waals surface area contributed by atoms with E-state index in [-0.39, 0.29) is 0 Å². The molecule has 0 amide bonds. The topological polar surface area (TPSA) is 35.8 Å². The largest absolute Gasteiger partial charge is 0.497 e. The van der Waals surface area contributed by atoms with Crippen molar-refractivity contribution < 1.29 is 9.47 Å². The maximum absolute atomic E-state index is 5.27. The van der Waals surface area contributed by atoms with Crippen molar-refractivity contribution in [1.82, 2.24) is 4.57 Å². The molecule has 1 aromatic heterocycles. The summed E-state index contributed by atoms with van der Waals surface area (Å²) in [5, 5.41) is 2.14. The molecule has 24 heavy (non-hydrogen) atoms. The number of methoxy groups -OCH3 is 2. The maximum atomic E-state index is 5.27. The first-order valence-corrected chi connectivity index (χ1v) is 8.61. The van der Waals surface area contributed by atoms with Crippen molar-refractivity contribution in [3.05, 3.63) is 64.8 Å². The van der Waals surface area contributed by atoms with Gasteiger partial charge in [-0.15, -0.1) is 11.3 Å². The van der Waals surface area contributed by atoms with Gasteiger partial charge >= 0.3 is 0 Å². The molecule has 0 bridgehead atoms. The molecule has 0 saturated heterocycles. The van der Waals surface area contributed by atoms with Gasteiger partial charge in [-0.1, -0.05) is 18.2 Å². The van der Waals surface area contributed by atoms with Crippen LogP contribution in [0.4, 0.5) is 5.69 Å². The van der Waals surface area contributed by atoms with Crippen molar-refractivity contribution in [2.24, 2.45) is 4.99 Å². The molecular weight excluding hydrogens is 320 g/mol. The van der Waals surface area contributed by atoms with Crippen LogP contribution in [0.15, 0.2) is 65.0 Å². The molecule has 0 unspecified atom stereocenters. The number of benzene rings is 2. The number of aromatic nitrogens is 1. The van der Waals surface area contributed by atoms with Crippen molar-refractivity contribution >= 4 is 17.0 Å². The first kappa shape index (κ1) is 16.5. The third-order valence-corrected chi connectivity index (χ3v) is 4.55. The number of nitrogens with zero attached hydrogens (tertiary/aromatic N) is 2. The molecule has 2 aromatic carbocycles. The summed E-state index contributed by atoms with van der Waals surface area (Å²) in [6, 6.07) is 18.1. The lowest BCUT2D eigenvalue weighted by atomic mass is 10.1. The highest BCUT2D eigenvalue weighted by Gasteiger charge is 2.08. The second kappa shape index (κ2) is 7.95. The Labute approximate surface area is 145 Å². The lowest BCUT2D eigenvalue weighted by Gasteiger charge is -2.09. The summed E-state index contributed by atoms with van der Waals surface area (Å²) >= 11 is 1.64. The number of rotatable bonds is 6. The Balaban J connectivity index is 2.04. The summed E-state index contributed by atoms with van der Waals surface area (Å²) in [7, 11) is 3.39. The van der Waals surface area contributed by atoms with Gasteiger partial charge in [0.25, 0.3) is 0 Å². The second-order valence-corrected chi connectivity index (χ2v) is 6.06. The van der Waals surface area contributed by atoms with E-state index in [1.54, 1.807) is 25.6 Å². The summed E-state index contributed by atoms with van der Waals surface area (Å²) < 4.78 is 12.7. The molecule has 0 fully saturated rings. The summed E-state index contributed by atoms with van der Waals surface area (Å²) in [5.41, 5.74) is 3.22. The van der Waals surface area contributed by atoms with Crippen LogP contribution in [-0.4, -0.2) is 25.4 Å². The summed E-state index contributed by atoms with van der Waals surface area (Å²) in [6.07, 6.45) is 0. The first-order valence-electron chi connectivity index (χ1n) is 7.73. The molecule has 0 spiro atoms. The van der Waals surface area contributed by atoms with Gasteiger partial charge in [0.1, 0.15) is 5.75 Å². The molecule has 0 radical (unpaired) electrons. The maximum Gasteiger partial charge on any atom is 0.190 e. The predicted octanol–water partition coefficient (Wildman–Crippen LogP) is 4.10. The third kappa shape index (κ3) is 3.75. The smallest absolute Gasteiger partial charge is 0.190 e. The minimum absolute atomic E-state index is 0.641. The zero-order valence-electron chi connectivity index (χ0n) is 13.8. The van der Waals surface area contributed by atoms with Gasteiger partial charge in [-0.3, -0.25) is 0 Å². The molecule has 5 heteroatoms. The van der Waals surface area contributed by atoms with E-state index in [4.69, 9.17) is 14.5 Å². The van der Waals surface area contributed by atoms with E-state index >= 15 is 0 Å². The van der Waals surface area contributed by atoms with Crippen LogP contribution in [0.5, 0.6) is 5.75 Å². The van der Waals surface area contributed by atoms with Gasteiger partial charge in [0.2, 0.25) is 0 Å². The monoisotopic (exact) mass is 340 g/mol. The van der Waals surface area contributed by atoms with Crippen LogP contribution in [0.3, 0.4) is 0 Å². The van der Waals surface area contributed by atoms with Crippen LogP contribution in [-0.2, 0) is 11.3 Å². The second-order valence-electron chi connectivity index (χ2n) is 5.22. The van der Waals surface area contributed by atoms with E-state index in [9.17, 15) is 0 Å². The van der Waals surface area contributed by atoms with Crippen LogP contribution in [0, 0.1) is 0 Å². The lowest BCUT2D eigenvalue weighted by Crippen LogP contribution is -2.18. The van der Waals surface area contributed by atoms with Gasteiger partial charge in [-0.2, -0.15) is 0 Å².